The Kier molecular flexibility index (Phi) is 7.52. The van der Waals surface area contributed by atoms with E-state index < -0.39 is 17.4 Å². The van der Waals surface area contributed by atoms with E-state index in [1.165, 1.54) is 16.7 Å². The Morgan fingerprint density at radius 3 is 2.34 bits per heavy atom. The number of hydrazine groups is 1. The maximum atomic E-state index is 13.2. The number of pyridine rings is 1. The molecule has 3 rings (SSSR count). The zero-order valence-electron chi connectivity index (χ0n) is 19.3. The number of nitrogens with zero attached hydrogens (tertiary/aromatic N) is 2. The van der Waals surface area contributed by atoms with Crippen molar-refractivity contribution in [3.05, 3.63) is 81.6 Å². The number of hydrogen-bond donors (Lipinski definition) is 6. The number of carboxylic acid groups (broad SMARTS) is 1. The van der Waals surface area contributed by atoms with Crippen LogP contribution >= 0.6 is 0 Å². The second-order valence-corrected chi connectivity index (χ2v) is 8.07. The van der Waals surface area contributed by atoms with Gasteiger partial charge in [-0.05, 0) is 35.9 Å². The van der Waals surface area contributed by atoms with Crippen LogP contribution in [-0.4, -0.2) is 46.5 Å². The van der Waals surface area contributed by atoms with Gasteiger partial charge in [0.25, 0.3) is 5.56 Å². The third-order valence-electron chi connectivity index (χ3n) is 5.07. The summed E-state index contributed by atoms with van der Waals surface area (Å²) >= 11 is 0. The number of carbonyl (C=O) groups is 2. The maximum Gasteiger partial charge on any atom is 0.335 e. The quantitative estimate of drug-likeness (QED) is 0.115. The lowest BCUT2D eigenvalue weighted by Crippen LogP contribution is -2.35. The highest BCUT2D eigenvalue weighted by molar-refractivity contribution is 5.95. The summed E-state index contributed by atoms with van der Waals surface area (Å²) in [4.78, 5) is 37.5. The van der Waals surface area contributed by atoms with Gasteiger partial charge < -0.3 is 27.3 Å². The molecule has 0 atom stereocenters. The molecule has 11 nitrogen and oxygen atoms in total. The number of rotatable bonds is 9. The summed E-state index contributed by atoms with van der Waals surface area (Å²) in [7, 11) is 3.44. The molecule has 0 bridgehead atoms. The van der Waals surface area contributed by atoms with Gasteiger partial charge >= 0.3 is 5.97 Å². The number of nitrogens with one attached hydrogen (secondary N) is 3. The van der Waals surface area contributed by atoms with Gasteiger partial charge in [-0.25, -0.2) is 9.80 Å². The van der Waals surface area contributed by atoms with E-state index in [2.05, 4.69) is 10.7 Å². The highest BCUT2D eigenvalue weighted by Gasteiger charge is 2.16. The van der Waals surface area contributed by atoms with Gasteiger partial charge in [-0.2, -0.15) is 0 Å². The largest absolute Gasteiger partial charge is 0.478 e. The van der Waals surface area contributed by atoms with E-state index >= 15 is 0 Å². The zero-order chi connectivity index (χ0) is 25.7. The number of carbonyl (C=O) groups excluding carboxylic acids is 1. The first kappa shape index (κ1) is 25.0. The van der Waals surface area contributed by atoms with Gasteiger partial charge in [0.15, 0.2) is 0 Å². The Balaban J connectivity index is 1.92. The minimum absolute atomic E-state index is 0.0343. The Morgan fingerprint density at radius 1 is 1.06 bits per heavy atom. The number of benzene rings is 2. The van der Waals surface area contributed by atoms with Gasteiger partial charge in [0, 0.05) is 37.5 Å². The second-order valence-electron chi connectivity index (χ2n) is 8.07. The SMILES string of the molecule is CN(C)Nc1ccc(-c2cc(N)cc(C(=O)O)c2)n(CC(=O)NCc2ccc(C(=N)N)cc2)c1=O. The van der Waals surface area contributed by atoms with E-state index in [-0.39, 0.29) is 35.9 Å². The Morgan fingerprint density at radius 2 is 1.74 bits per heavy atom. The predicted octanol–water partition coefficient (Wildman–Crippen LogP) is 1.28. The highest BCUT2D eigenvalue weighted by atomic mass is 16.4. The molecule has 11 heteroatoms. The van der Waals surface area contributed by atoms with Gasteiger partial charge in [-0.15, -0.1) is 0 Å². The monoisotopic (exact) mass is 477 g/mol. The van der Waals surface area contributed by atoms with Gasteiger partial charge in [0.05, 0.1) is 11.3 Å². The maximum absolute atomic E-state index is 13.2. The van der Waals surface area contributed by atoms with Gasteiger partial charge in [-0.1, -0.05) is 24.3 Å². The molecule has 2 aromatic carbocycles. The number of aromatic nitrogens is 1. The van der Waals surface area contributed by atoms with Gasteiger partial charge in [-0.3, -0.25) is 19.6 Å². The zero-order valence-corrected chi connectivity index (χ0v) is 19.3. The Bertz CT molecular complexity index is 1330. The second kappa shape index (κ2) is 10.5. The summed E-state index contributed by atoms with van der Waals surface area (Å²) in [5.74, 6) is -1.63. The average Bonchev–Trinajstić information content (AvgIpc) is 2.80. The van der Waals surface area contributed by atoms with Crippen molar-refractivity contribution in [1.29, 1.82) is 5.41 Å². The molecule has 0 spiro atoms. The van der Waals surface area contributed by atoms with Crippen LogP contribution in [0.3, 0.4) is 0 Å². The fourth-order valence-electron chi connectivity index (χ4n) is 3.44. The smallest absolute Gasteiger partial charge is 0.335 e. The van der Waals surface area contributed by atoms with E-state index in [9.17, 15) is 19.5 Å². The van der Waals surface area contributed by atoms with Crippen LogP contribution in [0.2, 0.25) is 0 Å². The van der Waals surface area contributed by atoms with Gasteiger partial charge in [0.2, 0.25) is 5.91 Å². The molecule has 0 saturated carbocycles. The number of amides is 1. The minimum Gasteiger partial charge on any atom is -0.478 e. The van der Waals surface area contributed by atoms with Crippen molar-refractivity contribution in [2.24, 2.45) is 5.73 Å². The number of nitrogens with two attached hydrogens (primary N) is 2. The van der Waals surface area contributed by atoms with Crippen LogP contribution in [0.4, 0.5) is 11.4 Å². The summed E-state index contributed by atoms with van der Waals surface area (Å²) in [6, 6.07) is 14.3. The number of aromatic carboxylic acids is 1. The molecule has 0 aliphatic heterocycles. The van der Waals surface area contributed by atoms with E-state index in [0.717, 1.165) is 5.56 Å². The molecule has 1 amide bonds. The molecular weight excluding hydrogens is 450 g/mol. The fraction of sp³-hybridized carbons (Fsp3) is 0.167. The summed E-state index contributed by atoms with van der Waals surface area (Å²) in [5.41, 5.74) is 16.3. The molecule has 0 radical (unpaired) electrons. The van der Waals surface area contributed by atoms with E-state index in [0.29, 0.717) is 16.8 Å². The van der Waals surface area contributed by atoms with Crippen LogP contribution in [0.1, 0.15) is 21.5 Å². The Hall–Kier alpha value is -4.64. The van der Waals surface area contributed by atoms with E-state index in [1.54, 1.807) is 61.6 Å². The molecule has 3 aromatic rings. The van der Waals surface area contributed by atoms with Crippen molar-refractivity contribution in [3.8, 4) is 11.3 Å². The molecule has 8 N–H and O–H groups in total. The first-order chi connectivity index (χ1) is 16.5. The summed E-state index contributed by atoms with van der Waals surface area (Å²) in [5, 5.41) is 21.2. The van der Waals surface area contributed by atoms with Crippen molar-refractivity contribution < 1.29 is 14.7 Å². The number of anilines is 2. The molecule has 35 heavy (non-hydrogen) atoms. The van der Waals surface area contributed by atoms with Crippen LogP contribution in [-0.2, 0) is 17.9 Å². The van der Waals surface area contributed by atoms with Crippen LogP contribution in [0, 0.1) is 5.41 Å². The Labute approximate surface area is 201 Å². The van der Waals surface area contributed by atoms with Crippen LogP contribution < -0.4 is 27.8 Å². The molecular formula is C24H27N7O4. The number of nitrogen functional groups attached to an aromatic ring is 2. The first-order valence-electron chi connectivity index (χ1n) is 10.6. The van der Waals surface area contributed by atoms with Crippen molar-refractivity contribution in [2.75, 3.05) is 25.3 Å². The molecule has 0 fully saturated rings. The molecule has 1 heterocycles. The standard InChI is InChI=1S/C24H27N7O4/c1-30(2)29-19-7-8-20(16-9-17(24(34)35)11-18(25)10-16)31(23(19)33)13-21(32)28-12-14-3-5-15(6-4-14)22(26)27/h3-11,29H,12-13,25H2,1-2H3,(H3,26,27)(H,28,32)(H,34,35). The van der Waals surface area contributed by atoms with E-state index in [1.807, 2.05) is 0 Å². The van der Waals surface area contributed by atoms with Crippen molar-refractivity contribution in [1.82, 2.24) is 14.9 Å². The van der Waals surface area contributed by atoms with E-state index in [4.69, 9.17) is 16.9 Å². The topological polar surface area (TPSA) is 180 Å². The van der Waals surface area contributed by atoms with Crippen molar-refractivity contribution in [2.45, 2.75) is 13.1 Å². The fourth-order valence-corrected chi connectivity index (χ4v) is 3.44. The molecule has 0 unspecified atom stereocenters. The minimum atomic E-state index is -1.16. The highest BCUT2D eigenvalue weighted by Crippen LogP contribution is 2.24. The molecule has 182 valence electrons. The van der Waals surface area contributed by atoms with Crippen LogP contribution in [0.5, 0.6) is 0 Å². The molecule has 0 saturated heterocycles. The lowest BCUT2D eigenvalue weighted by atomic mass is 10.1. The number of amidine groups is 1. The average molecular weight is 478 g/mol. The van der Waals surface area contributed by atoms with Gasteiger partial charge in [0.1, 0.15) is 18.1 Å². The number of hydrogen-bond acceptors (Lipinski definition) is 7. The lowest BCUT2D eigenvalue weighted by molar-refractivity contribution is -0.121. The molecule has 0 aliphatic rings. The van der Waals surface area contributed by atoms with Crippen LogP contribution in [0.15, 0.2) is 59.4 Å². The lowest BCUT2D eigenvalue weighted by Gasteiger charge is -2.18. The number of carboxylic acids is 1. The summed E-state index contributed by atoms with van der Waals surface area (Å²) in [6.45, 7) is -0.0992. The summed E-state index contributed by atoms with van der Waals surface area (Å²) in [6.07, 6.45) is 0. The molecule has 1 aromatic heterocycles. The third kappa shape index (κ3) is 6.24. The first-order valence-corrected chi connectivity index (χ1v) is 10.6. The third-order valence-corrected chi connectivity index (χ3v) is 5.07. The molecule has 0 aliphatic carbocycles. The predicted molar refractivity (Wildman–Crippen MR) is 134 cm³/mol. The van der Waals surface area contributed by atoms with Crippen LogP contribution in [0.25, 0.3) is 11.3 Å². The van der Waals surface area contributed by atoms with Crippen molar-refractivity contribution in [3.63, 3.8) is 0 Å². The normalized spacial score (nSPS) is 10.7. The van der Waals surface area contributed by atoms with Crippen molar-refractivity contribution >= 4 is 29.1 Å². The summed E-state index contributed by atoms with van der Waals surface area (Å²) < 4.78 is 1.26.